The van der Waals surface area contributed by atoms with E-state index in [2.05, 4.69) is 0 Å². The van der Waals surface area contributed by atoms with Gasteiger partial charge in [-0.3, -0.25) is 9.20 Å². The second-order valence-corrected chi connectivity index (χ2v) is 10.3. The number of alkyl halides is 1. The van der Waals surface area contributed by atoms with Crippen LogP contribution in [0.5, 0.6) is 5.75 Å². The number of hydrogen-bond donors (Lipinski definition) is 0. The van der Waals surface area contributed by atoms with Gasteiger partial charge in [0.15, 0.2) is 4.96 Å². The van der Waals surface area contributed by atoms with E-state index in [4.69, 9.17) is 25.7 Å². The number of nitrogens with zero attached hydrogens (tertiary/aromatic N) is 3. The number of thiazole rings is 1. The molecule has 1 aliphatic rings. The minimum Gasteiger partial charge on any atom is -0.497 e. The number of amides is 1. The van der Waals surface area contributed by atoms with Crippen LogP contribution in [0.3, 0.4) is 0 Å². The number of β-lactam (4-membered cyclic amide) rings is 1. The second kappa shape index (κ2) is 8.19. The zero-order chi connectivity index (χ0) is 25.3. The Morgan fingerprint density at radius 3 is 2.57 bits per heavy atom. The summed E-state index contributed by atoms with van der Waals surface area (Å²) in [4.78, 5) is 34.3. The zero-order valence-electron chi connectivity index (χ0n) is 19.4. The summed E-state index contributed by atoms with van der Waals surface area (Å²) < 4.78 is 13.0. The molecule has 3 aromatic carbocycles. The second-order valence-electron chi connectivity index (χ2n) is 8.77. The van der Waals surface area contributed by atoms with Gasteiger partial charge in [0, 0.05) is 11.1 Å². The molecule has 4 heterocycles. The van der Waals surface area contributed by atoms with Crippen molar-refractivity contribution < 1.29 is 13.9 Å². The maximum atomic E-state index is 13.4. The van der Waals surface area contributed by atoms with Crippen molar-refractivity contribution in [2.45, 2.75) is 11.4 Å². The van der Waals surface area contributed by atoms with Crippen molar-refractivity contribution in [3.05, 3.63) is 94.2 Å². The third-order valence-electron chi connectivity index (χ3n) is 6.73. The summed E-state index contributed by atoms with van der Waals surface area (Å²) >= 11 is 8.09. The van der Waals surface area contributed by atoms with Gasteiger partial charge in [-0.25, -0.2) is 9.78 Å². The standard InChI is InChI=1S/C28H18ClN3O4S/c1-35-17-12-10-16(11-13-17)31-24(22(29)26(31)33)25-23(18-14-15-6-2-5-9-21(15)36-27(18)34)32-20-8-4-3-7-19(20)30-28(32)37-25/h2-14,22,24H,1H3. The molecule has 182 valence electrons. The van der Waals surface area contributed by atoms with Crippen LogP contribution in [0.2, 0.25) is 0 Å². The number of carbonyl (C=O) groups excluding carboxylic acids is 1. The SMILES string of the molecule is COc1ccc(N2C(=O)C(Cl)C2c2sc3nc4ccccc4n3c2-c2cc3ccccc3oc2=O)cc1. The van der Waals surface area contributed by atoms with Crippen LogP contribution < -0.4 is 15.3 Å². The van der Waals surface area contributed by atoms with Gasteiger partial charge in [0.05, 0.1) is 40.3 Å². The highest BCUT2D eigenvalue weighted by molar-refractivity contribution is 7.17. The highest BCUT2D eigenvalue weighted by Gasteiger charge is 2.50. The number of rotatable bonds is 4. The van der Waals surface area contributed by atoms with Crippen LogP contribution in [-0.4, -0.2) is 27.8 Å². The van der Waals surface area contributed by atoms with E-state index in [1.165, 1.54) is 11.3 Å². The van der Waals surface area contributed by atoms with Crippen molar-refractivity contribution in [2.24, 2.45) is 0 Å². The largest absolute Gasteiger partial charge is 0.497 e. The average molecular weight is 528 g/mol. The van der Waals surface area contributed by atoms with Crippen LogP contribution in [0.4, 0.5) is 5.69 Å². The van der Waals surface area contributed by atoms with E-state index in [1.807, 2.05) is 65.1 Å². The molecule has 2 unspecified atom stereocenters. The van der Waals surface area contributed by atoms with Crippen LogP contribution in [0, 0.1) is 0 Å². The molecule has 1 amide bonds. The van der Waals surface area contributed by atoms with E-state index >= 15 is 0 Å². The van der Waals surface area contributed by atoms with E-state index in [-0.39, 0.29) is 5.91 Å². The van der Waals surface area contributed by atoms with Gasteiger partial charge < -0.3 is 14.1 Å². The molecule has 0 aliphatic carbocycles. The van der Waals surface area contributed by atoms with Gasteiger partial charge in [-0.2, -0.15) is 0 Å². The van der Waals surface area contributed by atoms with E-state index < -0.39 is 17.0 Å². The fourth-order valence-corrected chi connectivity index (χ4v) is 6.66. The number of aromatic nitrogens is 2. The molecule has 7 rings (SSSR count). The molecular weight excluding hydrogens is 510 g/mol. The lowest BCUT2D eigenvalue weighted by atomic mass is 9.95. The Morgan fingerprint density at radius 1 is 1.00 bits per heavy atom. The van der Waals surface area contributed by atoms with Gasteiger partial charge in [-0.15, -0.1) is 11.6 Å². The third-order valence-corrected chi connectivity index (χ3v) is 8.27. The molecule has 37 heavy (non-hydrogen) atoms. The van der Waals surface area contributed by atoms with E-state index in [0.29, 0.717) is 33.2 Å². The topological polar surface area (TPSA) is 77.1 Å². The minimum atomic E-state index is -0.789. The summed E-state index contributed by atoms with van der Waals surface area (Å²) in [6, 6.07) is 23.7. The Kier molecular flexibility index (Phi) is 4.89. The lowest BCUT2D eigenvalue weighted by Crippen LogP contribution is -2.56. The lowest BCUT2D eigenvalue weighted by Gasteiger charge is -2.44. The number of benzene rings is 3. The Bertz CT molecular complexity index is 1910. The molecule has 1 saturated heterocycles. The van der Waals surface area contributed by atoms with Crippen molar-refractivity contribution in [3.8, 4) is 17.0 Å². The van der Waals surface area contributed by atoms with Crippen molar-refractivity contribution in [2.75, 3.05) is 12.0 Å². The quantitative estimate of drug-likeness (QED) is 0.159. The van der Waals surface area contributed by atoms with Gasteiger partial charge in [-0.05, 0) is 48.5 Å². The summed E-state index contributed by atoms with van der Waals surface area (Å²) in [5.41, 5.74) is 3.43. The number of methoxy groups -OCH3 is 1. The van der Waals surface area contributed by atoms with Crippen molar-refractivity contribution >= 4 is 61.5 Å². The maximum Gasteiger partial charge on any atom is 0.345 e. The average Bonchev–Trinajstić information content (AvgIpc) is 3.46. The van der Waals surface area contributed by atoms with Crippen LogP contribution in [0.15, 0.2) is 88.1 Å². The number of halogens is 1. The first-order valence-electron chi connectivity index (χ1n) is 11.6. The van der Waals surface area contributed by atoms with E-state index in [1.54, 1.807) is 30.2 Å². The van der Waals surface area contributed by atoms with Crippen LogP contribution in [0.25, 0.3) is 38.2 Å². The smallest absolute Gasteiger partial charge is 0.345 e. The molecule has 1 aliphatic heterocycles. The molecule has 6 aromatic rings. The monoisotopic (exact) mass is 527 g/mol. The predicted octanol–water partition coefficient (Wildman–Crippen LogP) is 6.03. The normalized spacial score (nSPS) is 17.6. The number of fused-ring (bicyclic) bond motifs is 4. The molecule has 0 spiro atoms. The highest BCUT2D eigenvalue weighted by atomic mass is 35.5. The third kappa shape index (κ3) is 3.22. The zero-order valence-corrected chi connectivity index (χ0v) is 21.0. The first kappa shape index (κ1) is 22.1. The molecule has 0 radical (unpaired) electrons. The van der Waals surface area contributed by atoms with Gasteiger partial charge in [0.2, 0.25) is 5.91 Å². The summed E-state index contributed by atoms with van der Waals surface area (Å²) in [6.45, 7) is 0. The fraction of sp³-hybridized carbons (Fsp3) is 0.107. The van der Waals surface area contributed by atoms with Crippen LogP contribution >= 0.6 is 22.9 Å². The first-order valence-corrected chi connectivity index (χ1v) is 12.8. The molecule has 0 N–H and O–H groups in total. The predicted molar refractivity (Wildman–Crippen MR) is 145 cm³/mol. The number of para-hydroxylation sites is 3. The molecule has 3 aromatic heterocycles. The van der Waals surface area contributed by atoms with E-state index in [9.17, 15) is 9.59 Å². The van der Waals surface area contributed by atoms with Gasteiger partial charge in [0.25, 0.3) is 0 Å². The molecule has 9 heteroatoms. The van der Waals surface area contributed by atoms with Crippen molar-refractivity contribution in [1.29, 1.82) is 0 Å². The molecule has 2 atom stereocenters. The lowest BCUT2D eigenvalue weighted by molar-refractivity contribution is -0.123. The number of anilines is 1. The molecule has 0 bridgehead atoms. The molecule has 0 saturated carbocycles. The Labute approximate surface area is 219 Å². The van der Waals surface area contributed by atoms with Gasteiger partial charge in [-0.1, -0.05) is 41.7 Å². The summed E-state index contributed by atoms with van der Waals surface area (Å²) in [5.74, 6) is 0.482. The summed E-state index contributed by atoms with van der Waals surface area (Å²) in [7, 11) is 1.59. The highest BCUT2D eigenvalue weighted by Crippen LogP contribution is 2.49. The number of carbonyl (C=O) groups is 1. The van der Waals surface area contributed by atoms with Crippen molar-refractivity contribution in [3.63, 3.8) is 0 Å². The molecule has 7 nitrogen and oxygen atoms in total. The Morgan fingerprint density at radius 2 is 1.76 bits per heavy atom. The number of ether oxygens (including phenoxy) is 1. The van der Waals surface area contributed by atoms with Crippen molar-refractivity contribution in [1.82, 2.24) is 9.38 Å². The summed E-state index contributed by atoms with van der Waals surface area (Å²) in [5, 5.41) is 0.00825. The Balaban J connectivity index is 1.50. The minimum absolute atomic E-state index is 0.204. The number of imidazole rings is 1. The van der Waals surface area contributed by atoms with Gasteiger partial charge in [0.1, 0.15) is 16.7 Å². The van der Waals surface area contributed by atoms with Gasteiger partial charge >= 0.3 is 5.63 Å². The number of hydrogen-bond acceptors (Lipinski definition) is 6. The first-order chi connectivity index (χ1) is 18.0. The van der Waals surface area contributed by atoms with Crippen LogP contribution in [0.1, 0.15) is 10.9 Å². The Hall–Kier alpha value is -4.14. The maximum absolute atomic E-state index is 13.4. The van der Waals surface area contributed by atoms with E-state index in [0.717, 1.165) is 21.3 Å². The fourth-order valence-electron chi connectivity index (χ4n) is 4.96. The van der Waals surface area contributed by atoms with Crippen LogP contribution in [-0.2, 0) is 4.79 Å². The molecule has 1 fully saturated rings. The molecular formula is C28H18ClN3O4S. The summed E-state index contributed by atoms with van der Waals surface area (Å²) in [6.07, 6.45) is 0.